The Morgan fingerprint density at radius 1 is 1.21 bits per heavy atom. The highest BCUT2D eigenvalue weighted by Gasteiger charge is 2.23. The third-order valence-corrected chi connectivity index (χ3v) is 7.20. The minimum absolute atomic E-state index is 0.0198. The smallest absolute Gasteiger partial charge is 0.262 e. The number of ether oxygens (including phenoxy) is 2. The van der Waals surface area contributed by atoms with Crippen molar-refractivity contribution in [1.82, 2.24) is 10.6 Å². The topological polar surface area (TPSA) is 109 Å². The summed E-state index contributed by atoms with van der Waals surface area (Å²) in [4.78, 5) is 15.4. The van der Waals surface area contributed by atoms with Gasteiger partial charge in [0.05, 0.1) is 23.7 Å². The van der Waals surface area contributed by atoms with Crippen LogP contribution in [0.25, 0.3) is 0 Å². The molecule has 1 atom stereocenters. The largest absolute Gasteiger partial charge is 0.497 e. The van der Waals surface area contributed by atoms with Crippen LogP contribution < -0.4 is 25.0 Å². The van der Waals surface area contributed by atoms with E-state index < -0.39 is 10.0 Å². The third kappa shape index (κ3) is 5.76. The van der Waals surface area contributed by atoms with Gasteiger partial charge in [-0.2, -0.15) is 0 Å². The molecular formula is C23H30N4O5S. The minimum Gasteiger partial charge on any atom is -0.497 e. The lowest BCUT2D eigenvalue weighted by Gasteiger charge is -2.31. The van der Waals surface area contributed by atoms with Gasteiger partial charge < -0.3 is 25.0 Å². The average molecular weight is 475 g/mol. The number of nitrogens with one attached hydrogen (secondary N) is 3. The molecule has 9 nitrogen and oxygen atoms in total. The fourth-order valence-corrected chi connectivity index (χ4v) is 5.14. The lowest BCUT2D eigenvalue weighted by Crippen LogP contribution is -2.44. The number of amides is 1. The molecule has 178 valence electrons. The van der Waals surface area contributed by atoms with Crippen LogP contribution in [0, 0.1) is 0 Å². The Bertz CT molecular complexity index is 1080. The highest BCUT2D eigenvalue weighted by atomic mass is 32.2. The molecule has 2 aromatic carbocycles. The zero-order valence-electron chi connectivity index (χ0n) is 18.7. The van der Waals surface area contributed by atoms with Gasteiger partial charge in [-0.25, -0.2) is 8.42 Å². The van der Waals surface area contributed by atoms with Crippen molar-refractivity contribution in [3.05, 3.63) is 48.0 Å². The maximum absolute atomic E-state index is 13.1. The molecule has 1 amide bonds. The molecule has 3 N–H and O–H groups in total. The van der Waals surface area contributed by atoms with Gasteiger partial charge in [-0.15, -0.1) is 0 Å². The SMILES string of the molecule is COc1cccc(S(=O)(=O)Nc2ccc(N3CCNCC3)c(C(=O)NC[C@H]3CCCO3)c2)c1. The molecule has 4 rings (SSSR count). The molecule has 0 unspecified atom stereocenters. The number of rotatable bonds is 8. The summed E-state index contributed by atoms with van der Waals surface area (Å²) in [6.07, 6.45) is 1.94. The number of anilines is 2. The molecule has 10 heteroatoms. The first-order valence-corrected chi connectivity index (χ1v) is 12.6. The van der Waals surface area contributed by atoms with Crippen molar-refractivity contribution in [2.75, 3.05) is 56.1 Å². The summed E-state index contributed by atoms with van der Waals surface area (Å²) in [5.41, 5.74) is 1.53. The molecule has 2 heterocycles. The van der Waals surface area contributed by atoms with Crippen LogP contribution in [0.15, 0.2) is 47.4 Å². The Morgan fingerprint density at radius 3 is 2.76 bits per heavy atom. The highest BCUT2D eigenvalue weighted by Crippen LogP contribution is 2.27. The van der Waals surface area contributed by atoms with Gasteiger partial charge in [-0.05, 0) is 43.2 Å². The standard InChI is InChI=1S/C23H30N4O5S/c1-31-18-4-2-6-20(15-18)33(29,30)26-17-7-8-22(27-11-9-24-10-12-27)21(14-17)23(28)25-16-19-5-3-13-32-19/h2,4,6-8,14-15,19,24,26H,3,5,9-13,16H2,1H3,(H,25,28)/t19-/m1/s1. The first-order chi connectivity index (χ1) is 16.0. The van der Waals surface area contributed by atoms with Crippen LogP contribution in [0.5, 0.6) is 5.75 Å². The van der Waals surface area contributed by atoms with Crippen molar-refractivity contribution in [2.45, 2.75) is 23.8 Å². The summed E-state index contributed by atoms with van der Waals surface area (Å²) in [5, 5.41) is 6.26. The number of hydrogen-bond donors (Lipinski definition) is 3. The zero-order valence-corrected chi connectivity index (χ0v) is 19.5. The van der Waals surface area contributed by atoms with Gasteiger partial charge in [0.2, 0.25) is 0 Å². The van der Waals surface area contributed by atoms with E-state index in [-0.39, 0.29) is 16.9 Å². The van der Waals surface area contributed by atoms with Crippen LogP contribution in [0.2, 0.25) is 0 Å². The molecule has 2 fully saturated rings. The number of benzene rings is 2. The number of hydrogen-bond acceptors (Lipinski definition) is 7. The summed E-state index contributed by atoms with van der Waals surface area (Å²) in [6, 6.07) is 11.3. The predicted octanol–water partition coefficient (Wildman–Crippen LogP) is 1.81. The molecule has 2 aliphatic heterocycles. The zero-order chi connectivity index (χ0) is 23.3. The highest BCUT2D eigenvalue weighted by molar-refractivity contribution is 7.92. The number of nitrogens with zero attached hydrogens (tertiary/aromatic N) is 1. The fraction of sp³-hybridized carbons (Fsp3) is 0.435. The van der Waals surface area contributed by atoms with E-state index in [1.54, 1.807) is 30.3 Å². The Morgan fingerprint density at radius 2 is 2.03 bits per heavy atom. The van der Waals surface area contributed by atoms with Crippen molar-refractivity contribution in [1.29, 1.82) is 0 Å². The molecule has 2 aliphatic rings. The molecule has 0 bridgehead atoms. The molecule has 2 aromatic rings. The van der Waals surface area contributed by atoms with Crippen molar-refractivity contribution in [3.63, 3.8) is 0 Å². The Hall–Kier alpha value is -2.82. The molecule has 0 aliphatic carbocycles. The fourth-order valence-electron chi connectivity index (χ4n) is 4.05. The van der Waals surface area contributed by atoms with Crippen molar-refractivity contribution in [2.24, 2.45) is 0 Å². The van der Waals surface area contributed by atoms with Crippen LogP contribution in [0.1, 0.15) is 23.2 Å². The molecule has 33 heavy (non-hydrogen) atoms. The second-order valence-corrected chi connectivity index (χ2v) is 9.78. The second-order valence-electron chi connectivity index (χ2n) is 8.10. The van der Waals surface area contributed by atoms with Gasteiger partial charge in [0.15, 0.2) is 0 Å². The van der Waals surface area contributed by atoms with Gasteiger partial charge in [-0.3, -0.25) is 9.52 Å². The first kappa shape index (κ1) is 23.3. The second kappa shape index (κ2) is 10.4. The lowest BCUT2D eigenvalue weighted by atomic mass is 10.1. The van der Waals surface area contributed by atoms with Crippen molar-refractivity contribution in [3.8, 4) is 5.75 Å². The molecule has 0 saturated carbocycles. The van der Waals surface area contributed by atoms with E-state index in [2.05, 4.69) is 20.3 Å². The lowest BCUT2D eigenvalue weighted by molar-refractivity contribution is 0.0858. The summed E-state index contributed by atoms with van der Waals surface area (Å²) in [7, 11) is -2.38. The van der Waals surface area contributed by atoms with E-state index in [0.29, 0.717) is 30.2 Å². The third-order valence-electron chi connectivity index (χ3n) is 5.82. The van der Waals surface area contributed by atoms with E-state index in [1.807, 2.05) is 0 Å². The van der Waals surface area contributed by atoms with E-state index in [9.17, 15) is 13.2 Å². The normalized spacial score (nSPS) is 18.7. The number of carbonyl (C=O) groups is 1. The van der Waals surface area contributed by atoms with E-state index in [1.165, 1.54) is 19.2 Å². The van der Waals surface area contributed by atoms with Gasteiger partial charge in [0.1, 0.15) is 5.75 Å². The summed E-state index contributed by atoms with van der Waals surface area (Å²) < 4.78 is 39.2. The van der Waals surface area contributed by atoms with Crippen LogP contribution in [0.3, 0.4) is 0 Å². The first-order valence-electron chi connectivity index (χ1n) is 11.1. The molecule has 0 radical (unpaired) electrons. The predicted molar refractivity (Wildman–Crippen MR) is 127 cm³/mol. The maximum Gasteiger partial charge on any atom is 0.262 e. The Balaban J connectivity index is 1.59. The Labute approximate surface area is 194 Å². The summed E-state index contributed by atoms with van der Waals surface area (Å²) in [6.45, 7) is 4.32. The van der Waals surface area contributed by atoms with E-state index >= 15 is 0 Å². The van der Waals surface area contributed by atoms with Crippen LogP contribution in [-0.4, -0.2) is 66.9 Å². The van der Waals surface area contributed by atoms with Crippen molar-refractivity contribution < 1.29 is 22.7 Å². The van der Waals surface area contributed by atoms with Gasteiger partial charge in [0.25, 0.3) is 15.9 Å². The monoisotopic (exact) mass is 474 g/mol. The van der Waals surface area contributed by atoms with E-state index in [4.69, 9.17) is 9.47 Å². The maximum atomic E-state index is 13.1. The van der Waals surface area contributed by atoms with Gasteiger partial charge in [0, 0.05) is 56.8 Å². The molecule has 0 spiro atoms. The van der Waals surface area contributed by atoms with Crippen molar-refractivity contribution >= 4 is 27.3 Å². The molecule has 2 saturated heterocycles. The average Bonchev–Trinajstić information content (AvgIpc) is 3.36. The van der Waals surface area contributed by atoms with Crippen LogP contribution in [-0.2, 0) is 14.8 Å². The molecular weight excluding hydrogens is 444 g/mol. The van der Waals surface area contributed by atoms with Gasteiger partial charge in [-0.1, -0.05) is 6.07 Å². The number of sulfonamides is 1. The van der Waals surface area contributed by atoms with E-state index in [0.717, 1.165) is 44.7 Å². The number of piperazine rings is 1. The minimum atomic E-state index is -3.86. The quantitative estimate of drug-likeness (QED) is 0.535. The summed E-state index contributed by atoms with van der Waals surface area (Å²) >= 11 is 0. The van der Waals surface area contributed by atoms with Gasteiger partial charge >= 0.3 is 0 Å². The number of methoxy groups -OCH3 is 1. The number of carbonyl (C=O) groups excluding carboxylic acids is 1. The Kier molecular flexibility index (Phi) is 7.36. The molecule has 0 aromatic heterocycles. The van der Waals surface area contributed by atoms with Crippen LogP contribution in [0.4, 0.5) is 11.4 Å². The van der Waals surface area contributed by atoms with Crippen LogP contribution >= 0.6 is 0 Å². The summed E-state index contributed by atoms with van der Waals surface area (Å²) in [5.74, 6) is 0.197.